The number of allylic oxidation sites excluding steroid dienone is 8. The van der Waals surface area contributed by atoms with E-state index in [2.05, 4.69) is 65.0 Å². The van der Waals surface area contributed by atoms with Gasteiger partial charge in [-0.1, -0.05) is 44.2 Å². The van der Waals surface area contributed by atoms with Crippen LogP contribution < -0.4 is 0 Å². The van der Waals surface area contributed by atoms with E-state index in [4.69, 9.17) is 0 Å². The summed E-state index contributed by atoms with van der Waals surface area (Å²) in [4.78, 5) is 0. The maximum Gasteiger partial charge on any atom is 0.00134 e. The highest BCUT2D eigenvalue weighted by Crippen LogP contribution is 2.29. The molecule has 0 saturated heterocycles. The normalized spacial score (nSPS) is 21.4. The van der Waals surface area contributed by atoms with E-state index in [-0.39, 0.29) is 5.41 Å². The first kappa shape index (κ1) is 11.0. The standard InChI is InChI=1S/C14H20/c1-6-11(2)13-8-7-9-14(4,5)10-12(13)3/h6-10H,1-5H3/b11-6-. The van der Waals surface area contributed by atoms with Gasteiger partial charge >= 0.3 is 0 Å². The van der Waals surface area contributed by atoms with Gasteiger partial charge in [0.25, 0.3) is 0 Å². The van der Waals surface area contributed by atoms with Gasteiger partial charge < -0.3 is 0 Å². The minimum atomic E-state index is 0.177. The second kappa shape index (κ2) is 4.00. The lowest BCUT2D eigenvalue weighted by atomic mass is 9.89. The van der Waals surface area contributed by atoms with E-state index in [0.717, 1.165) is 0 Å². The van der Waals surface area contributed by atoms with Crippen molar-refractivity contribution in [3.05, 3.63) is 47.1 Å². The molecule has 1 aliphatic carbocycles. The van der Waals surface area contributed by atoms with Gasteiger partial charge in [0.05, 0.1) is 0 Å². The lowest BCUT2D eigenvalue weighted by Crippen LogP contribution is -2.02. The maximum atomic E-state index is 2.33. The van der Waals surface area contributed by atoms with Gasteiger partial charge in [0.1, 0.15) is 0 Å². The van der Waals surface area contributed by atoms with Crippen LogP contribution >= 0.6 is 0 Å². The average molecular weight is 188 g/mol. The third-order valence-corrected chi connectivity index (χ3v) is 2.66. The smallest absolute Gasteiger partial charge is 0.00134 e. The molecule has 76 valence electrons. The fraction of sp³-hybridized carbons (Fsp3) is 0.429. The van der Waals surface area contributed by atoms with E-state index in [1.54, 1.807) is 0 Å². The third-order valence-electron chi connectivity index (χ3n) is 2.66. The molecule has 0 heterocycles. The molecule has 14 heavy (non-hydrogen) atoms. The fourth-order valence-corrected chi connectivity index (χ4v) is 1.81. The van der Waals surface area contributed by atoms with E-state index in [1.165, 1.54) is 16.7 Å². The van der Waals surface area contributed by atoms with Crippen molar-refractivity contribution in [3.8, 4) is 0 Å². The maximum absolute atomic E-state index is 2.33. The van der Waals surface area contributed by atoms with Crippen LogP contribution in [0.3, 0.4) is 0 Å². The van der Waals surface area contributed by atoms with E-state index < -0.39 is 0 Å². The Morgan fingerprint density at radius 2 is 2.00 bits per heavy atom. The Morgan fingerprint density at radius 1 is 1.36 bits per heavy atom. The Balaban J connectivity index is 3.13. The molecule has 0 atom stereocenters. The van der Waals surface area contributed by atoms with E-state index >= 15 is 0 Å². The Morgan fingerprint density at radius 3 is 2.57 bits per heavy atom. The molecule has 0 heteroatoms. The van der Waals surface area contributed by atoms with E-state index in [9.17, 15) is 0 Å². The summed E-state index contributed by atoms with van der Waals surface area (Å²) < 4.78 is 0. The van der Waals surface area contributed by atoms with Crippen molar-refractivity contribution < 1.29 is 0 Å². The molecule has 0 fully saturated rings. The summed E-state index contributed by atoms with van der Waals surface area (Å²) >= 11 is 0. The number of hydrogen-bond donors (Lipinski definition) is 0. The third kappa shape index (κ3) is 2.47. The molecule has 1 rings (SSSR count). The molecular formula is C14H20. The molecule has 0 spiro atoms. The fourth-order valence-electron chi connectivity index (χ4n) is 1.81. The first-order valence-corrected chi connectivity index (χ1v) is 5.19. The van der Waals surface area contributed by atoms with Crippen molar-refractivity contribution in [1.82, 2.24) is 0 Å². The summed E-state index contributed by atoms with van der Waals surface area (Å²) in [6.07, 6.45) is 11.1. The van der Waals surface area contributed by atoms with Crippen LogP contribution in [0.2, 0.25) is 0 Å². The van der Waals surface area contributed by atoms with Gasteiger partial charge in [-0.2, -0.15) is 0 Å². The molecule has 0 aromatic carbocycles. The molecule has 0 radical (unpaired) electrons. The predicted molar refractivity (Wildman–Crippen MR) is 64.2 cm³/mol. The number of hydrogen-bond acceptors (Lipinski definition) is 0. The van der Waals surface area contributed by atoms with Gasteiger partial charge in [0.2, 0.25) is 0 Å². The topological polar surface area (TPSA) is 0 Å². The minimum Gasteiger partial charge on any atom is -0.0841 e. The zero-order valence-electron chi connectivity index (χ0n) is 9.89. The highest BCUT2D eigenvalue weighted by atomic mass is 14.2. The van der Waals surface area contributed by atoms with Gasteiger partial charge in [-0.3, -0.25) is 0 Å². The summed E-state index contributed by atoms with van der Waals surface area (Å²) in [6.45, 7) is 10.9. The average Bonchev–Trinajstić information content (AvgIpc) is 2.22. The van der Waals surface area contributed by atoms with Gasteiger partial charge in [0.15, 0.2) is 0 Å². The van der Waals surface area contributed by atoms with Gasteiger partial charge in [-0.05, 0) is 37.5 Å². The number of rotatable bonds is 1. The van der Waals surface area contributed by atoms with Crippen LogP contribution in [0.15, 0.2) is 47.1 Å². The Bertz CT molecular complexity index is 333. The van der Waals surface area contributed by atoms with Crippen LogP contribution in [-0.4, -0.2) is 0 Å². The summed E-state index contributed by atoms with van der Waals surface area (Å²) in [7, 11) is 0. The van der Waals surface area contributed by atoms with Crippen molar-refractivity contribution in [3.63, 3.8) is 0 Å². The molecular weight excluding hydrogens is 168 g/mol. The second-order valence-corrected chi connectivity index (χ2v) is 4.56. The minimum absolute atomic E-state index is 0.177. The molecule has 0 bridgehead atoms. The molecule has 0 saturated carbocycles. The van der Waals surface area contributed by atoms with Gasteiger partial charge in [-0.15, -0.1) is 0 Å². The lowest BCUT2D eigenvalue weighted by molar-refractivity contribution is 0.623. The molecule has 0 aromatic rings. The molecule has 0 aromatic heterocycles. The van der Waals surface area contributed by atoms with Crippen LogP contribution in [0, 0.1) is 5.41 Å². The van der Waals surface area contributed by atoms with Gasteiger partial charge in [0, 0.05) is 5.41 Å². The first-order chi connectivity index (χ1) is 6.46. The first-order valence-electron chi connectivity index (χ1n) is 5.19. The zero-order valence-corrected chi connectivity index (χ0v) is 9.89. The molecule has 1 aliphatic rings. The molecule has 0 nitrogen and oxygen atoms in total. The quantitative estimate of drug-likeness (QED) is 0.571. The second-order valence-electron chi connectivity index (χ2n) is 4.56. The SMILES string of the molecule is C/C=C(/C)C1=CC=CC(C)(C)C=C1C. The van der Waals surface area contributed by atoms with Crippen molar-refractivity contribution in [2.24, 2.45) is 5.41 Å². The van der Waals surface area contributed by atoms with Crippen molar-refractivity contribution >= 4 is 0 Å². The highest BCUT2D eigenvalue weighted by molar-refractivity contribution is 5.48. The molecule has 0 unspecified atom stereocenters. The van der Waals surface area contributed by atoms with E-state index in [0.29, 0.717) is 0 Å². The molecule has 0 aliphatic heterocycles. The van der Waals surface area contributed by atoms with Crippen molar-refractivity contribution in [1.29, 1.82) is 0 Å². The van der Waals surface area contributed by atoms with Crippen LogP contribution in [-0.2, 0) is 0 Å². The van der Waals surface area contributed by atoms with Crippen LogP contribution in [0.4, 0.5) is 0 Å². The Hall–Kier alpha value is -1.04. The van der Waals surface area contributed by atoms with Crippen LogP contribution in [0.25, 0.3) is 0 Å². The summed E-state index contributed by atoms with van der Waals surface area (Å²) in [5.41, 5.74) is 4.25. The summed E-state index contributed by atoms with van der Waals surface area (Å²) in [5.74, 6) is 0. The summed E-state index contributed by atoms with van der Waals surface area (Å²) in [5, 5.41) is 0. The lowest BCUT2D eigenvalue weighted by Gasteiger charge is -2.15. The predicted octanol–water partition coefficient (Wildman–Crippen LogP) is 4.42. The van der Waals surface area contributed by atoms with E-state index in [1.807, 2.05) is 0 Å². The van der Waals surface area contributed by atoms with Crippen LogP contribution in [0.5, 0.6) is 0 Å². The van der Waals surface area contributed by atoms with Crippen molar-refractivity contribution in [2.45, 2.75) is 34.6 Å². The molecule has 0 amide bonds. The van der Waals surface area contributed by atoms with Gasteiger partial charge in [-0.25, -0.2) is 0 Å². The highest BCUT2D eigenvalue weighted by Gasteiger charge is 2.14. The monoisotopic (exact) mass is 188 g/mol. The molecule has 0 N–H and O–H groups in total. The Kier molecular flexibility index (Phi) is 3.15. The largest absolute Gasteiger partial charge is 0.0841 e. The summed E-state index contributed by atoms with van der Waals surface area (Å²) in [6, 6.07) is 0. The zero-order chi connectivity index (χ0) is 10.8. The van der Waals surface area contributed by atoms with Crippen molar-refractivity contribution in [2.75, 3.05) is 0 Å². The Labute approximate surface area is 87.7 Å². The van der Waals surface area contributed by atoms with Crippen LogP contribution in [0.1, 0.15) is 34.6 Å².